The molecule has 1 atom stereocenters. The summed E-state index contributed by atoms with van der Waals surface area (Å²) in [6.45, 7) is 1.45. The number of nitrogens with zero attached hydrogens (tertiary/aromatic N) is 5. The zero-order valence-corrected chi connectivity index (χ0v) is 16.0. The van der Waals surface area contributed by atoms with Crippen molar-refractivity contribution in [2.45, 2.75) is 31.7 Å². The number of benzene rings is 1. The average Bonchev–Trinajstić information content (AvgIpc) is 3.21. The molecule has 0 bridgehead atoms. The van der Waals surface area contributed by atoms with E-state index < -0.39 is 23.9 Å². The number of hydrogen-bond acceptors (Lipinski definition) is 5. The highest BCUT2D eigenvalue weighted by molar-refractivity contribution is 5.94. The van der Waals surface area contributed by atoms with Crippen LogP contribution in [0.3, 0.4) is 0 Å². The second-order valence-electron chi connectivity index (χ2n) is 6.96. The summed E-state index contributed by atoms with van der Waals surface area (Å²) in [6, 6.07) is 11.4. The van der Waals surface area contributed by atoms with Crippen LogP contribution in [0.1, 0.15) is 24.6 Å². The molecule has 3 aromatic heterocycles. The molecule has 4 rings (SSSR count). The van der Waals surface area contributed by atoms with Crippen molar-refractivity contribution in [2.75, 3.05) is 0 Å². The van der Waals surface area contributed by atoms with Gasteiger partial charge in [-0.2, -0.15) is 13.2 Å². The molecule has 1 N–H and O–H groups in total. The number of halogens is 3. The van der Waals surface area contributed by atoms with Crippen molar-refractivity contribution >= 4 is 10.9 Å². The van der Waals surface area contributed by atoms with Gasteiger partial charge in [-0.1, -0.05) is 30.3 Å². The van der Waals surface area contributed by atoms with Gasteiger partial charge in [-0.15, -0.1) is 5.10 Å². The van der Waals surface area contributed by atoms with Crippen molar-refractivity contribution in [1.82, 2.24) is 25.0 Å². The SMILES string of the molecule is CCC(O)(c1cn(Cc2ccc3c(-c4cccnc4)ccnc3c2)nn1)C(F)(F)F. The van der Waals surface area contributed by atoms with Gasteiger partial charge in [0.05, 0.1) is 18.3 Å². The van der Waals surface area contributed by atoms with E-state index >= 15 is 0 Å². The summed E-state index contributed by atoms with van der Waals surface area (Å²) in [5.41, 5.74) is -0.0495. The van der Waals surface area contributed by atoms with Gasteiger partial charge in [-0.05, 0) is 35.7 Å². The lowest BCUT2D eigenvalue weighted by Gasteiger charge is -2.26. The number of alkyl halides is 3. The smallest absolute Gasteiger partial charge is 0.375 e. The number of hydrogen-bond donors (Lipinski definition) is 1. The summed E-state index contributed by atoms with van der Waals surface area (Å²) in [7, 11) is 0. The van der Waals surface area contributed by atoms with Gasteiger partial charge < -0.3 is 5.11 Å². The summed E-state index contributed by atoms with van der Waals surface area (Å²) in [5.74, 6) is 0. The Hall–Kier alpha value is -3.33. The van der Waals surface area contributed by atoms with Crippen LogP contribution in [0.5, 0.6) is 0 Å². The molecule has 0 radical (unpaired) electrons. The first-order chi connectivity index (χ1) is 14.3. The zero-order chi connectivity index (χ0) is 21.4. The number of aromatic nitrogens is 5. The lowest BCUT2D eigenvalue weighted by Crippen LogP contribution is -2.42. The van der Waals surface area contributed by atoms with Gasteiger partial charge in [-0.25, -0.2) is 4.68 Å². The Bertz CT molecular complexity index is 1180. The molecule has 1 aromatic carbocycles. The highest BCUT2D eigenvalue weighted by Crippen LogP contribution is 2.40. The minimum atomic E-state index is -4.84. The van der Waals surface area contributed by atoms with Gasteiger partial charge in [0.1, 0.15) is 5.69 Å². The van der Waals surface area contributed by atoms with E-state index in [-0.39, 0.29) is 6.54 Å². The number of pyridine rings is 2. The van der Waals surface area contributed by atoms with Crippen molar-refractivity contribution in [3.63, 3.8) is 0 Å². The first-order valence-corrected chi connectivity index (χ1v) is 9.29. The third-order valence-corrected chi connectivity index (χ3v) is 5.07. The molecule has 0 aliphatic rings. The maximum atomic E-state index is 13.2. The molecular formula is C21H18F3N5O. The largest absolute Gasteiger partial charge is 0.423 e. The maximum absolute atomic E-state index is 13.2. The second-order valence-corrected chi connectivity index (χ2v) is 6.96. The van der Waals surface area contributed by atoms with Gasteiger partial charge in [0.25, 0.3) is 0 Å². The topological polar surface area (TPSA) is 76.7 Å². The van der Waals surface area contributed by atoms with E-state index in [1.54, 1.807) is 18.6 Å². The predicted molar refractivity (Wildman–Crippen MR) is 104 cm³/mol. The molecule has 1 unspecified atom stereocenters. The average molecular weight is 413 g/mol. The Morgan fingerprint density at radius 3 is 2.63 bits per heavy atom. The monoisotopic (exact) mass is 413 g/mol. The van der Waals surface area contributed by atoms with E-state index in [2.05, 4.69) is 20.3 Å². The predicted octanol–water partition coefficient (Wildman–Crippen LogP) is 4.10. The van der Waals surface area contributed by atoms with Crippen molar-refractivity contribution < 1.29 is 18.3 Å². The molecule has 0 saturated carbocycles. The van der Waals surface area contributed by atoms with E-state index in [9.17, 15) is 18.3 Å². The highest BCUT2D eigenvalue weighted by atomic mass is 19.4. The molecule has 4 aromatic rings. The highest BCUT2D eigenvalue weighted by Gasteiger charge is 2.55. The van der Waals surface area contributed by atoms with Gasteiger partial charge in [0.2, 0.25) is 5.60 Å². The Kier molecular flexibility index (Phi) is 4.98. The van der Waals surface area contributed by atoms with Gasteiger partial charge in [0.15, 0.2) is 0 Å². The summed E-state index contributed by atoms with van der Waals surface area (Å²) in [6.07, 6.45) is 0.919. The Morgan fingerprint density at radius 1 is 1.10 bits per heavy atom. The van der Waals surface area contributed by atoms with E-state index in [0.717, 1.165) is 33.8 Å². The molecule has 0 aliphatic carbocycles. The first kappa shape index (κ1) is 20.0. The van der Waals surface area contributed by atoms with E-state index in [0.29, 0.717) is 0 Å². The standard InChI is InChI=1S/C21H18F3N5O/c1-2-20(30,21(22,23)24)19-13-29(28-27-19)12-14-5-6-17-16(7-9-26-18(17)10-14)15-4-3-8-25-11-15/h3-11,13,30H,2,12H2,1H3. The maximum Gasteiger partial charge on any atom is 0.423 e. The lowest BCUT2D eigenvalue weighted by molar-refractivity contribution is -0.269. The van der Waals surface area contributed by atoms with Crippen LogP contribution in [-0.2, 0) is 12.1 Å². The quantitative estimate of drug-likeness (QED) is 0.533. The van der Waals surface area contributed by atoms with E-state index in [1.165, 1.54) is 11.6 Å². The summed E-state index contributed by atoms with van der Waals surface area (Å²) in [5, 5.41) is 18.3. The number of rotatable bonds is 5. The van der Waals surface area contributed by atoms with Crippen LogP contribution >= 0.6 is 0 Å². The Labute approximate surface area is 170 Å². The molecule has 0 fully saturated rings. The molecule has 6 nitrogen and oxygen atoms in total. The number of fused-ring (bicyclic) bond motifs is 1. The summed E-state index contributed by atoms with van der Waals surface area (Å²) < 4.78 is 41.0. The van der Waals surface area contributed by atoms with Crippen LogP contribution in [0.15, 0.2) is 61.2 Å². The van der Waals surface area contributed by atoms with Crippen LogP contribution < -0.4 is 0 Å². The van der Waals surface area contributed by atoms with Gasteiger partial charge in [0, 0.05) is 29.5 Å². The minimum absolute atomic E-state index is 0.194. The molecule has 154 valence electrons. The van der Waals surface area contributed by atoms with E-state index in [1.807, 2.05) is 36.4 Å². The van der Waals surface area contributed by atoms with E-state index in [4.69, 9.17) is 0 Å². The van der Waals surface area contributed by atoms with Crippen LogP contribution in [0.25, 0.3) is 22.0 Å². The molecule has 0 saturated heterocycles. The van der Waals surface area contributed by atoms with Crippen LogP contribution in [0.4, 0.5) is 13.2 Å². The summed E-state index contributed by atoms with van der Waals surface area (Å²) >= 11 is 0. The lowest BCUT2D eigenvalue weighted by atomic mass is 9.96. The fourth-order valence-corrected chi connectivity index (χ4v) is 3.34. The molecule has 9 heteroatoms. The normalized spacial score (nSPS) is 14.0. The Balaban J connectivity index is 1.64. The van der Waals surface area contributed by atoms with Crippen molar-refractivity contribution in [3.05, 3.63) is 72.4 Å². The van der Waals surface area contributed by atoms with Gasteiger partial charge >= 0.3 is 6.18 Å². The van der Waals surface area contributed by atoms with Crippen LogP contribution in [0.2, 0.25) is 0 Å². The summed E-state index contributed by atoms with van der Waals surface area (Å²) in [4.78, 5) is 8.55. The van der Waals surface area contributed by atoms with Crippen LogP contribution in [-0.4, -0.2) is 36.2 Å². The molecular weight excluding hydrogens is 395 g/mol. The van der Waals surface area contributed by atoms with Crippen LogP contribution in [0, 0.1) is 0 Å². The molecule has 0 spiro atoms. The fraction of sp³-hybridized carbons (Fsp3) is 0.238. The zero-order valence-electron chi connectivity index (χ0n) is 16.0. The van der Waals surface area contributed by atoms with Crippen molar-refractivity contribution in [3.8, 4) is 11.1 Å². The van der Waals surface area contributed by atoms with Crippen molar-refractivity contribution in [2.24, 2.45) is 0 Å². The molecule has 0 amide bonds. The third-order valence-electron chi connectivity index (χ3n) is 5.07. The molecule has 3 heterocycles. The fourth-order valence-electron chi connectivity index (χ4n) is 3.34. The van der Waals surface area contributed by atoms with Crippen molar-refractivity contribution in [1.29, 1.82) is 0 Å². The molecule has 30 heavy (non-hydrogen) atoms. The Morgan fingerprint density at radius 2 is 1.93 bits per heavy atom. The number of aliphatic hydroxyl groups is 1. The third kappa shape index (κ3) is 3.52. The molecule has 0 aliphatic heterocycles. The second kappa shape index (κ2) is 7.49. The minimum Gasteiger partial charge on any atom is -0.375 e. The van der Waals surface area contributed by atoms with Gasteiger partial charge in [-0.3, -0.25) is 9.97 Å². The first-order valence-electron chi connectivity index (χ1n) is 9.29.